The molecule has 5 rings (SSSR count). The Kier molecular flexibility index (Phi) is 14.1. The van der Waals surface area contributed by atoms with Crippen LogP contribution in [0.2, 0.25) is 0 Å². The summed E-state index contributed by atoms with van der Waals surface area (Å²) in [5.74, 6) is -1.41. The molecular weight excluding hydrogens is 641 g/mol. The van der Waals surface area contributed by atoms with E-state index >= 15 is 0 Å². The first-order chi connectivity index (χ1) is 19.3. The topological polar surface area (TPSA) is 29.1 Å². The van der Waals surface area contributed by atoms with Gasteiger partial charge in [0.1, 0.15) is 0 Å². The van der Waals surface area contributed by atoms with Crippen molar-refractivity contribution in [2.75, 3.05) is 0 Å². The van der Waals surface area contributed by atoms with Gasteiger partial charge in [-0.2, -0.15) is 0 Å². The number of amides is 1. The number of hydrogen-bond donors (Lipinski definition) is 1. The maximum Gasteiger partial charge on any atom is -1.00 e. The molecule has 0 saturated carbocycles. The zero-order chi connectivity index (χ0) is 26.9. The van der Waals surface area contributed by atoms with Crippen molar-refractivity contribution in [1.82, 2.24) is 3.26 Å². The van der Waals surface area contributed by atoms with Crippen molar-refractivity contribution in [1.29, 1.82) is 0 Å². The van der Waals surface area contributed by atoms with E-state index in [4.69, 9.17) is 0 Å². The quantitative estimate of drug-likeness (QED) is 0.167. The minimum absolute atomic E-state index is 0. The van der Waals surface area contributed by atoms with Crippen LogP contribution in [0.3, 0.4) is 0 Å². The van der Waals surface area contributed by atoms with Crippen molar-refractivity contribution >= 4 is 22.2 Å². The maximum absolute atomic E-state index is 13.7. The van der Waals surface area contributed by atoms with E-state index in [1.54, 1.807) is 0 Å². The summed E-state index contributed by atoms with van der Waals surface area (Å²) in [5, 5.41) is 2.91. The number of carbonyl (C=O) groups excluding carboxylic acids is 1. The first-order valence-electron chi connectivity index (χ1n) is 14.7. The molecule has 0 radical (unpaired) electrons. The van der Waals surface area contributed by atoms with Crippen LogP contribution in [-0.4, -0.2) is 11.8 Å². The van der Waals surface area contributed by atoms with Gasteiger partial charge in [0.05, 0.1) is 0 Å². The minimum atomic E-state index is -2.73. The monoisotopic (exact) mass is 678 g/mol. The smallest absolute Gasteiger partial charge is 1.00 e. The standard InChI is InChI=1S/C13H9.C12H11Si.C10H21NO.2ClH.Zr/c1-3-7-12-10(5-1)9-11-6-2-4-8-13(11)12;1-3-7-11(8-4-1)13-12-9-5-2-6-10-12;1-2-3-4-5-6-7-8-9-10(11)12;;;/h1-9H;1-10,13H;2-9H2,1H3,(H2,11,12);2*1H;/q;;;;;+3/p-3. The van der Waals surface area contributed by atoms with Gasteiger partial charge in [-0.25, -0.2) is 0 Å². The molecule has 1 N–H and O–H groups in total. The zero-order valence-electron chi connectivity index (χ0n) is 23.9. The number of nitrogens with one attached hydrogen (secondary N) is 1. The Morgan fingerprint density at radius 3 is 1.59 bits per heavy atom. The number of halogens is 2. The molecule has 1 aliphatic rings. The summed E-state index contributed by atoms with van der Waals surface area (Å²) in [7, 11) is 0. The fourth-order valence-electron chi connectivity index (χ4n) is 6.11. The fraction of sp³-hybridized carbons (Fsp3) is 0.286. The van der Waals surface area contributed by atoms with Gasteiger partial charge in [-0.1, -0.05) is 0 Å². The third-order valence-corrected chi connectivity index (χ3v) is 27.5. The molecule has 41 heavy (non-hydrogen) atoms. The molecule has 2 nitrogen and oxygen atoms in total. The summed E-state index contributed by atoms with van der Waals surface area (Å²) in [4.78, 5) is 13.7. The Morgan fingerprint density at radius 2 is 1.07 bits per heavy atom. The summed E-state index contributed by atoms with van der Waals surface area (Å²) < 4.78 is 4.20. The van der Waals surface area contributed by atoms with Crippen LogP contribution in [0.25, 0.3) is 11.1 Å². The van der Waals surface area contributed by atoms with Crippen LogP contribution >= 0.6 is 0 Å². The molecule has 4 aromatic rings. The van der Waals surface area contributed by atoms with Gasteiger partial charge in [-0.3, -0.25) is 0 Å². The van der Waals surface area contributed by atoms with E-state index in [9.17, 15) is 4.79 Å². The van der Waals surface area contributed by atoms with Crippen LogP contribution in [0.4, 0.5) is 0 Å². The van der Waals surface area contributed by atoms with E-state index in [-0.39, 0.29) is 30.7 Å². The van der Waals surface area contributed by atoms with E-state index in [1.807, 2.05) is 0 Å². The van der Waals surface area contributed by atoms with Crippen molar-refractivity contribution in [2.24, 2.45) is 0 Å². The van der Waals surface area contributed by atoms with Crippen LogP contribution in [0, 0.1) is 0 Å². The molecular formula is C35H40Cl2NOSiZr. The third-order valence-electron chi connectivity index (χ3n) is 8.01. The average molecular weight is 681 g/mol. The van der Waals surface area contributed by atoms with E-state index < -0.39 is 27.1 Å². The molecule has 0 aliphatic heterocycles. The summed E-state index contributed by atoms with van der Waals surface area (Å²) in [5.41, 5.74) is 5.56. The average Bonchev–Trinajstić information content (AvgIpc) is 3.32. The van der Waals surface area contributed by atoms with E-state index in [2.05, 4.69) is 119 Å². The van der Waals surface area contributed by atoms with Gasteiger partial charge in [0.25, 0.3) is 0 Å². The number of rotatable bonds is 13. The Bertz CT molecular complexity index is 1270. The molecule has 1 aliphatic carbocycles. The normalized spacial score (nSPS) is 11.7. The molecule has 0 atom stereocenters. The van der Waals surface area contributed by atoms with Gasteiger partial charge in [-0.15, -0.1) is 0 Å². The van der Waals surface area contributed by atoms with Gasteiger partial charge in [-0.05, 0) is 0 Å². The van der Waals surface area contributed by atoms with Crippen molar-refractivity contribution in [3.05, 3.63) is 120 Å². The fourth-order valence-corrected chi connectivity index (χ4v) is 28.0. The predicted molar refractivity (Wildman–Crippen MR) is 164 cm³/mol. The molecule has 4 aromatic carbocycles. The first-order valence-corrected chi connectivity index (χ1v) is 23.4. The van der Waals surface area contributed by atoms with Crippen LogP contribution < -0.4 is 38.4 Å². The number of benzene rings is 4. The number of unbranched alkanes of at least 4 members (excludes halogenated alkanes) is 6. The Hall–Kier alpha value is -1.97. The van der Waals surface area contributed by atoms with E-state index in [0.29, 0.717) is 10.0 Å². The molecule has 0 unspecified atom stereocenters. The molecule has 213 valence electrons. The molecule has 6 heteroatoms. The molecule has 0 heterocycles. The zero-order valence-corrected chi connectivity index (χ0v) is 29.0. The summed E-state index contributed by atoms with van der Waals surface area (Å²) in [6.07, 6.45) is 9.26. The van der Waals surface area contributed by atoms with Crippen LogP contribution in [-0.2, 0) is 26.0 Å². The van der Waals surface area contributed by atoms with Crippen molar-refractivity contribution in [3.63, 3.8) is 0 Å². The van der Waals surface area contributed by atoms with Gasteiger partial charge in [0.15, 0.2) is 0 Å². The molecule has 0 saturated heterocycles. The third kappa shape index (κ3) is 8.32. The van der Waals surface area contributed by atoms with Crippen molar-refractivity contribution < 1.29 is 50.8 Å². The van der Waals surface area contributed by atoms with Gasteiger partial charge in [0.2, 0.25) is 0 Å². The molecule has 1 amide bonds. The van der Waals surface area contributed by atoms with Crippen LogP contribution in [0.5, 0.6) is 0 Å². The number of hydrogen-bond acceptors (Lipinski definition) is 1. The minimum Gasteiger partial charge on any atom is -1.00 e. The maximum atomic E-state index is 13.7. The van der Waals surface area contributed by atoms with Gasteiger partial charge >= 0.3 is 245 Å². The molecule has 0 aromatic heterocycles. The first kappa shape index (κ1) is 33.5. The Morgan fingerprint density at radius 1 is 0.634 bits per heavy atom. The van der Waals surface area contributed by atoms with Crippen LogP contribution in [0.1, 0.15) is 73.0 Å². The predicted octanol–water partition coefficient (Wildman–Crippen LogP) is 1.09. The molecule has 0 spiro atoms. The second kappa shape index (κ2) is 17.2. The van der Waals surface area contributed by atoms with Crippen LogP contribution in [0.15, 0.2) is 109 Å². The largest absolute Gasteiger partial charge is 1.00 e. The van der Waals surface area contributed by atoms with Gasteiger partial charge in [0, 0.05) is 0 Å². The Labute approximate surface area is 267 Å². The summed E-state index contributed by atoms with van der Waals surface area (Å²) in [6, 6.07) is 40.1. The molecule has 0 fully saturated rings. The number of carbonyl (C=O) groups is 1. The van der Waals surface area contributed by atoms with Gasteiger partial charge < -0.3 is 24.8 Å². The summed E-state index contributed by atoms with van der Waals surface area (Å²) in [6.45, 7) is 2.26. The molecule has 0 bridgehead atoms. The van der Waals surface area contributed by atoms with Crippen molar-refractivity contribution in [2.45, 2.75) is 61.9 Å². The van der Waals surface area contributed by atoms with E-state index in [0.717, 1.165) is 12.8 Å². The van der Waals surface area contributed by atoms with E-state index in [1.165, 1.54) is 64.7 Å². The SMILES string of the molecule is CCCCCCCCCC(=O)[NH][Zr+2]([CH]1c2ccccc2-c2ccccc21)[SiH](c1ccccc1)c1ccccc1.[Cl-].[Cl-]. The van der Waals surface area contributed by atoms with Crippen molar-refractivity contribution in [3.8, 4) is 11.1 Å². The number of fused-ring (bicyclic) bond motifs is 3. The summed E-state index contributed by atoms with van der Waals surface area (Å²) >= 11 is -2.73. The Balaban J connectivity index is 0.00000231. The second-order valence-electron chi connectivity index (χ2n) is 10.7. The second-order valence-corrected chi connectivity index (χ2v) is 25.1.